The molecule has 0 saturated carbocycles. The molecule has 1 amide bonds. The molecule has 0 aliphatic carbocycles. The number of anilines is 1. The minimum atomic E-state index is -4.14. The van der Waals surface area contributed by atoms with E-state index < -0.39 is 22.0 Å². The molecule has 4 rings (SSSR count). The first kappa shape index (κ1) is 30.9. The lowest BCUT2D eigenvalue weighted by Gasteiger charge is -2.37. The van der Waals surface area contributed by atoms with Gasteiger partial charge in [0.15, 0.2) is 0 Å². The maximum absolute atomic E-state index is 13.3. The molecule has 3 N–H and O–H groups in total. The first-order valence-electron chi connectivity index (χ1n) is 13.7. The molecule has 220 valence electrons. The summed E-state index contributed by atoms with van der Waals surface area (Å²) in [6.07, 6.45) is 0.859. The molecular formula is C30H38ClN5O4S. The number of carbonyl (C=O) groups is 1. The maximum atomic E-state index is 13.3. The van der Waals surface area contributed by atoms with E-state index in [-0.39, 0.29) is 33.0 Å². The average Bonchev–Trinajstić information content (AvgIpc) is 2.86. The molecule has 41 heavy (non-hydrogen) atoms. The number of rotatable bonds is 8. The SMILES string of the molecule is Cc1cccc(C)c1-c1cc(Cl)nc(NS(=O)(=O)c2cccc(C(=O)NC3CC(O)CN(CCC(C)(C)C)C3)c2)n1. The first-order valence-corrected chi connectivity index (χ1v) is 15.5. The molecule has 1 aliphatic rings. The second-order valence-corrected chi connectivity index (χ2v) is 14.0. The molecule has 1 saturated heterocycles. The number of sulfonamides is 1. The van der Waals surface area contributed by atoms with Gasteiger partial charge in [0.1, 0.15) is 5.15 Å². The van der Waals surface area contributed by atoms with Crippen LogP contribution in [0.25, 0.3) is 11.3 Å². The van der Waals surface area contributed by atoms with Crippen LogP contribution in [0.3, 0.4) is 0 Å². The van der Waals surface area contributed by atoms with E-state index in [9.17, 15) is 18.3 Å². The lowest BCUT2D eigenvalue weighted by atomic mass is 9.91. The van der Waals surface area contributed by atoms with Crippen molar-refractivity contribution in [3.63, 3.8) is 0 Å². The molecule has 11 heteroatoms. The molecule has 1 fully saturated rings. The highest BCUT2D eigenvalue weighted by Gasteiger charge is 2.28. The van der Waals surface area contributed by atoms with Gasteiger partial charge in [-0.2, -0.15) is 0 Å². The molecule has 9 nitrogen and oxygen atoms in total. The lowest BCUT2D eigenvalue weighted by molar-refractivity contribution is 0.0447. The van der Waals surface area contributed by atoms with E-state index in [1.54, 1.807) is 12.1 Å². The summed E-state index contributed by atoms with van der Waals surface area (Å²) in [7, 11) is -4.14. The number of aromatic nitrogens is 2. The van der Waals surface area contributed by atoms with Gasteiger partial charge in [0.2, 0.25) is 5.95 Å². The van der Waals surface area contributed by atoms with Crippen molar-refractivity contribution in [3.8, 4) is 11.3 Å². The van der Waals surface area contributed by atoms with E-state index in [1.807, 2.05) is 32.0 Å². The molecule has 0 spiro atoms. The number of aliphatic hydroxyl groups is 1. The van der Waals surface area contributed by atoms with Gasteiger partial charge in [0, 0.05) is 36.3 Å². The van der Waals surface area contributed by atoms with Gasteiger partial charge in [-0.25, -0.2) is 23.1 Å². The number of piperidine rings is 1. The van der Waals surface area contributed by atoms with Gasteiger partial charge in [-0.05, 0) is 68.0 Å². The number of aryl methyl sites for hydroxylation is 2. The van der Waals surface area contributed by atoms with Crippen LogP contribution in [-0.4, -0.2) is 66.1 Å². The summed E-state index contributed by atoms with van der Waals surface area (Å²) in [5.41, 5.74) is 3.64. The molecule has 1 aliphatic heterocycles. The number of benzene rings is 2. The van der Waals surface area contributed by atoms with Gasteiger partial charge in [0.05, 0.1) is 16.7 Å². The zero-order valence-electron chi connectivity index (χ0n) is 24.1. The van der Waals surface area contributed by atoms with Crippen LogP contribution in [0, 0.1) is 19.3 Å². The van der Waals surface area contributed by atoms with Crippen molar-refractivity contribution in [2.75, 3.05) is 24.4 Å². The maximum Gasteiger partial charge on any atom is 0.264 e. The van der Waals surface area contributed by atoms with Gasteiger partial charge >= 0.3 is 0 Å². The molecule has 0 radical (unpaired) electrons. The number of nitrogens with zero attached hydrogens (tertiary/aromatic N) is 3. The fraction of sp³-hybridized carbons (Fsp3) is 0.433. The molecule has 2 atom stereocenters. The zero-order chi connectivity index (χ0) is 29.9. The van der Waals surface area contributed by atoms with Crippen molar-refractivity contribution in [1.82, 2.24) is 20.2 Å². The third-order valence-corrected chi connectivity index (χ3v) is 8.60. The summed E-state index contributed by atoms with van der Waals surface area (Å²) < 4.78 is 29.0. The predicted molar refractivity (Wildman–Crippen MR) is 162 cm³/mol. The van der Waals surface area contributed by atoms with Crippen LogP contribution in [0.2, 0.25) is 5.15 Å². The molecule has 0 bridgehead atoms. The van der Waals surface area contributed by atoms with Gasteiger partial charge < -0.3 is 10.4 Å². The molecule has 2 unspecified atom stereocenters. The Balaban J connectivity index is 1.49. The van der Waals surface area contributed by atoms with Crippen LogP contribution < -0.4 is 10.0 Å². The Bertz CT molecular complexity index is 1500. The number of β-amino-alcohol motifs (C(OH)–C–C–N with tert-alkyl or cyclic N) is 1. The Morgan fingerprint density at radius 2 is 1.76 bits per heavy atom. The highest BCUT2D eigenvalue weighted by Crippen LogP contribution is 2.28. The number of amides is 1. The summed E-state index contributed by atoms with van der Waals surface area (Å²) in [5, 5.41) is 13.5. The molecule has 1 aromatic heterocycles. The van der Waals surface area contributed by atoms with Gasteiger partial charge in [-0.1, -0.05) is 56.6 Å². The van der Waals surface area contributed by atoms with Crippen molar-refractivity contribution >= 4 is 33.5 Å². The number of halogens is 1. The predicted octanol–water partition coefficient (Wildman–Crippen LogP) is 4.82. The lowest BCUT2D eigenvalue weighted by Crippen LogP contribution is -2.53. The normalized spacial score (nSPS) is 18.2. The third-order valence-electron chi connectivity index (χ3n) is 7.08. The number of aliphatic hydroxyl groups excluding tert-OH is 1. The number of likely N-dealkylation sites (tertiary alicyclic amines) is 1. The second kappa shape index (κ2) is 12.4. The van der Waals surface area contributed by atoms with Gasteiger partial charge in [0.25, 0.3) is 15.9 Å². The Hall–Kier alpha value is -3.05. The van der Waals surface area contributed by atoms with Crippen molar-refractivity contribution < 1.29 is 18.3 Å². The topological polar surface area (TPSA) is 125 Å². The highest BCUT2D eigenvalue weighted by atomic mass is 35.5. The summed E-state index contributed by atoms with van der Waals surface area (Å²) in [6, 6.07) is 12.9. The van der Waals surface area contributed by atoms with Crippen molar-refractivity contribution in [2.45, 2.75) is 64.5 Å². The monoisotopic (exact) mass is 599 g/mol. The quantitative estimate of drug-likeness (QED) is 0.317. The van der Waals surface area contributed by atoms with E-state index in [2.05, 4.69) is 45.7 Å². The number of carbonyl (C=O) groups excluding carboxylic acids is 1. The van der Waals surface area contributed by atoms with Crippen LogP contribution >= 0.6 is 11.6 Å². The Morgan fingerprint density at radius 1 is 1.07 bits per heavy atom. The Labute approximate surface area is 247 Å². The average molecular weight is 600 g/mol. The standard InChI is InChI=1S/C30H38ClN5O4S/c1-19-8-6-9-20(2)27(19)25-16-26(31)34-29(33-25)35-41(39,40)24-11-7-10-21(14-24)28(38)32-22-15-23(37)18-36(17-22)13-12-30(3,4)5/h6-11,14,16,22-23,37H,12-13,15,17-18H2,1-5H3,(H,32,38)(H,33,34,35). The molecular weight excluding hydrogens is 562 g/mol. The first-order chi connectivity index (χ1) is 19.2. The number of hydrogen-bond donors (Lipinski definition) is 3. The Morgan fingerprint density at radius 3 is 2.44 bits per heavy atom. The van der Waals surface area contributed by atoms with Crippen LogP contribution in [-0.2, 0) is 10.0 Å². The van der Waals surface area contributed by atoms with Crippen LogP contribution in [0.1, 0.15) is 55.1 Å². The highest BCUT2D eigenvalue weighted by molar-refractivity contribution is 7.92. The fourth-order valence-electron chi connectivity index (χ4n) is 5.00. The summed E-state index contributed by atoms with van der Waals surface area (Å²) in [6.45, 7) is 12.4. The number of hydrogen-bond acceptors (Lipinski definition) is 7. The van der Waals surface area contributed by atoms with E-state index in [0.717, 1.165) is 29.7 Å². The van der Waals surface area contributed by atoms with E-state index in [4.69, 9.17) is 11.6 Å². The zero-order valence-corrected chi connectivity index (χ0v) is 25.7. The Kier molecular flexibility index (Phi) is 9.38. The smallest absolute Gasteiger partial charge is 0.264 e. The van der Waals surface area contributed by atoms with Crippen LogP contribution in [0.4, 0.5) is 5.95 Å². The number of nitrogens with one attached hydrogen (secondary N) is 2. The second-order valence-electron chi connectivity index (χ2n) is 11.9. The van der Waals surface area contributed by atoms with E-state index >= 15 is 0 Å². The molecule has 2 heterocycles. The van der Waals surface area contributed by atoms with Crippen molar-refractivity contribution in [2.24, 2.45) is 5.41 Å². The molecule has 3 aromatic rings. The van der Waals surface area contributed by atoms with Crippen LogP contribution in [0.5, 0.6) is 0 Å². The van der Waals surface area contributed by atoms with Gasteiger partial charge in [-0.3, -0.25) is 9.69 Å². The van der Waals surface area contributed by atoms with E-state index in [0.29, 0.717) is 25.2 Å². The summed E-state index contributed by atoms with van der Waals surface area (Å²) >= 11 is 6.24. The third kappa shape index (κ3) is 8.25. The van der Waals surface area contributed by atoms with E-state index in [1.165, 1.54) is 18.2 Å². The summed E-state index contributed by atoms with van der Waals surface area (Å²) in [4.78, 5) is 23.7. The summed E-state index contributed by atoms with van der Waals surface area (Å²) in [5.74, 6) is -0.579. The van der Waals surface area contributed by atoms with Crippen LogP contribution in [0.15, 0.2) is 53.4 Å². The van der Waals surface area contributed by atoms with Crippen molar-refractivity contribution in [1.29, 1.82) is 0 Å². The van der Waals surface area contributed by atoms with Crippen molar-refractivity contribution in [3.05, 3.63) is 70.4 Å². The minimum absolute atomic E-state index is 0.0923. The molecule has 2 aromatic carbocycles. The largest absolute Gasteiger partial charge is 0.392 e. The van der Waals surface area contributed by atoms with Gasteiger partial charge in [-0.15, -0.1) is 0 Å². The minimum Gasteiger partial charge on any atom is -0.392 e. The fourth-order valence-corrected chi connectivity index (χ4v) is 6.18.